The third-order valence-corrected chi connectivity index (χ3v) is 5.23. The zero-order chi connectivity index (χ0) is 17.2. The third-order valence-electron chi connectivity index (χ3n) is 3.94. The summed E-state index contributed by atoms with van der Waals surface area (Å²) in [6, 6.07) is 9.70. The molecule has 0 spiro atoms. The van der Waals surface area contributed by atoms with Crippen molar-refractivity contribution in [1.82, 2.24) is 10.3 Å². The van der Waals surface area contributed by atoms with Crippen LogP contribution in [0.3, 0.4) is 0 Å². The summed E-state index contributed by atoms with van der Waals surface area (Å²) >= 11 is 0. The first-order valence-electron chi connectivity index (χ1n) is 7.66. The van der Waals surface area contributed by atoms with E-state index in [0.29, 0.717) is 18.5 Å². The molecule has 1 aliphatic heterocycles. The molecule has 0 saturated heterocycles. The van der Waals surface area contributed by atoms with Crippen molar-refractivity contribution in [3.8, 4) is 0 Å². The molecule has 0 bridgehead atoms. The lowest BCUT2D eigenvalue weighted by Crippen LogP contribution is -2.37. The molecular weight excluding hydrogens is 328 g/mol. The standard InChI is InChI=1S/C17H18N2O4S/c1-12-4-8-15(9-5-12)24(21,22)23-11-14-7-6-13-3-2-10-18-16(13)17(20)19-14/h2-5,8-10,14H,6-7,11H2,1H3,(H,19,20)/t14-/m1/s1. The molecule has 3 rings (SSSR count). The number of carbonyl (C=O) groups excluding carboxylic acids is 1. The number of rotatable bonds is 4. The summed E-state index contributed by atoms with van der Waals surface area (Å²) < 4.78 is 29.6. The molecule has 0 aliphatic carbocycles. The number of nitrogens with zero attached hydrogens (tertiary/aromatic N) is 1. The summed E-state index contributed by atoms with van der Waals surface area (Å²) in [6.45, 7) is 1.78. The van der Waals surface area contributed by atoms with E-state index >= 15 is 0 Å². The van der Waals surface area contributed by atoms with Crippen LogP contribution in [0.4, 0.5) is 0 Å². The zero-order valence-electron chi connectivity index (χ0n) is 13.2. The lowest BCUT2D eigenvalue weighted by Gasteiger charge is -2.15. The molecule has 126 valence electrons. The minimum atomic E-state index is -3.84. The molecule has 1 N–H and O–H groups in total. The van der Waals surface area contributed by atoms with E-state index in [1.165, 1.54) is 12.1 Å². The average molecular weight is 346 g/mol. The van der Waals surface area contributed by atoms with Gasteiger partial charge in [-0.1, -0.05) is 23.8 Å². The Morgan fingerprint density at radius 1 is 1.25 bits per heavy atom. The number of aryl methyl sites for hydroxylation is 2. The van der Waals surface area contributed by atoms with E-state index in [2.05, 4.69) is 10.3 Å². The third kappa shape index (κ3) is 3.63. The van der Waals surface area contributed by atoms with Crippen molar-refractivity contribution in [3.63, 3.8) is 0 Å². The quantitative estimate of drug-likeness (QED) is 0.854. The van der Waals surface area contributed by atoms with Gasteiger partial charge < -0.3 is 5.32 Å². The minimum Gasteiger partial charge on any atom is -0.346 e. The Balaban J connectivity index is 1.67. The Hall–Kier alpha value is -2.25. The van der Waals surface area contributed by atoms with E-state index in [4.69, 9.17) is 4.18 Å². The highest BCUT2D eigenvalue weighted by Crippen LogP contribution is 2.17. The molecule has 6 nitrogen and oxygen atoms in total. The van der Waals surface area contributed by atoms with Gasteiger partial charge in [-0.3, -0.25) is 14.0 Å². The molecule has 1 aromatic carbocycles. The van der Waals surface area contributed by atoms with Crippen LogP contribution < -0.4 is 5.32 Å². The molecule has 1 aromatic heterocycles. The van der Waals surface area contributed by atoms with E-state index in [-0.39, 0.29) is 23.5 Å². The molecule has 0 saturated carbocycles. The Bertz CT molecular complexity index is 847. The highest BCUT2D eigenvalue weighted by atomic mass is 32.2. The average Bonchev–Trinajstić information content (AvgIpc) is 2.73. The van der Waals surface area contributed by atoms with Gasteiger partial charge in [0, 0.05) is 6.20 Å². The predicted octanol–water partition coefficient (Wildman–Crippen LogP) is 1.84. The lowest BCUT2D eigenvalue weighted by molar-refractivity contribution is 0.0920. The Morgan fingerprint density at radius 3 is 2.75 bits per heavy atom. The van der Waals surface area contributed by atoms with Crippen LogP contribution in [0, 0.1) is 6.92 Å². The predicted molar refractivity (Wildman–Crippen MR) is 88.1 cm³/mol. The summed E-state index contributed by atoms with van der Waals surface area (Å²) in [6.07, 6.45) is 2.80. The number of carbonyl (C=O) groups is 1. The van der Waals surface area contributed by atoms with E-state index in [0.717, 1.165) is 11.1 Å². The second-order valence-electron chi connectivity index (χ2n) is 5.77. The molecular formula is C17H18N2O4S. The van der Waals surface area contributed by atoms with Crippen LogP contribution in [0.5, 0.6) is 0 Å². The van der Waals surface area contributed by atoms with Crippen LogP contribution in [0.1, 0.15) is 28.0 Å². The maximum Gasteiger partial charge on any atom is 0.297 e. The molecule has 1 atom stereocenters. The number of pyridine rings is 1. The molecule has 7 heteroatoms. The van der Waals surface area contributed by atoms with Gasteiger partial charge in [-0.05, 0) is 43.5 Å². The molecule has 2 heterocycles. The lowest BCUT2D eigenvalue weighted by atomic mass is 10.1. The maximum absolute atomic E-state index is 12.2. The number of aromatic nitrogens is 1. The van der Waals surface area contributed by atoms with Crippen molar-refractivity contribution < 1.29 is 17.4 Å². The van der Waals surface area contributed by atoms with Crippen LogP contribution in [-0.2, 0) is 20.7 Å². The fraction of sp³-hybridized carbons (Fsp3) is 0.294. The number of fused-ring (bicyclic) bond motifs is 1. The zero-order valence-corrected chi connectivity index (χ0v) is 14.0. The van der Waals surface area contributed by atoms with Gasteiger partial charge in [-0.25, -0.2) is 0 Å². The minimum absolute atomic E-state index is 0.101. The summed E-state index contributed by atoms with van der Waals surface area (Å²) in [5.41, 5.74) is 2.22. The normalized spacial score (nSPS) is 17.7. The number of hydrogen-bond donors (Lipinski definition) is 1. The van der Waals surface area contributed by atoms with Crippen LogP contribution in [0.25, 0.3) is 0 Å². The summed E-state index contributed by atoms with van der Waals surface area (Å²) in [5, 5.41) is 2.78. The Kier molecular flexibility index (Phi) is 4.64. The van der Waals surface area contributed by atoms with Gasteiger partial charge >= 0.3 is 0 Å². The summed E-state index contributed by atoms with van der Waals surface area (Å²) in [4.78, 5) is 16.4. The van der Waals surface area contributed by atoms with Gasteiger partial charge in [0.25, 0.3) is 16.0 Å². The molecule has 0 unspecified atom stereocenters. The van der Waals surface area contributed by atoms with E-state index < -0.39 is 10.1 Å². The first kappa shape index (κ1) is 16.6. The molecule has 1 aliphatic rings. The van der Waals surface area contributed by atoms with Gasteiger partial charge in [-0.15, -0.1) is 0 Å². The number of amides is 1. The molecule has 0 radical (unpaired) electrons. The topological polar surface area (TPSA) is 85.4 Å². The van der Waals surface area contributed by atoms with Crippen molar-refractivity contribution in [1.29, 1.82) is 0 Å². The fourth-order valence-electron chi connectivity index (χ4n) is 2.57. The number of hydrogen-bond acceptors (Lipinski definition) is 5. The smallest absolute Gasteiger partial charge is 0.297 e. The van der Waals surface area contributed by atoms with Crippen LogP contribution in [0.2, 0.25) is 0 Å². The van der Waals surface area contributed by atoms with Gasteiger partial charge in [0.15, 0.2) is 0 Å². The van der Waals surface area contributed by atoms with Crippen molar-refractivity contribution in [2.75, 3.05) is 6.61 Å². The SMILES string of the molecule is Cc1ccc(S(=O)(=O)OC[C@H]2CCc3cccnc3C(=O)N2)cc1. The molecule has 1 amide bonds. The van der Waals surface area contributed by atoms with Crippen molar-refractivity contribution in [3.05, 3.63) is 59.4 Å². The van der Waals surface area contributed by atoms with E-state index in [9.17, 15) is 13.2 Å². The highest BCUT2D eigenvalue weighted by molar-refractivity contribution is 7.86. The van der Waals surface area contributed by atoms with E-state index in [1.54, 1.807) is 24.4 Å². The summed E-state index contributed by atoms with van der Waals surface area (Å²) in [7, 11) is -3.84. The van der Waals surface area contributed by atoms with Crippen molar-refractivity contribution in [2.45, 2.75) is 30.7 Å². The second-order valence-corrected chi connectivity index (χ2v) is 7.39. The van der Waals surface area contributed by atoms with Gasteiger partial charge in [0.2, 0.25) is 0 Å². The first-order valence-corrected chi connectivity index (χ1v) is 9.07. The van der Waals surface area contributed by atoms with Crippen LogP contribution in [0.15, 0.2) is 47.5 Å². The molecule has 2 aromatic rings. The van der Waals surface area contributed by atoms with Gasteiger partial charge in [0.1, 0.15) is 5.69 Å². The largest absolute Gasteiger partial charge is 0.346 e. The molecule has 24 heavy (non-hydrogen) atoms. The first-order chi connectivity index (χ1) is 11.5. The second kappa shape index (κ2) is 6.70. The monoisotopic (exact) mass is 346 g/mol. The van der Waals surface area contributed by atoms with E-state index in [1.807, 2.05) is 13.0 Å². The number of benzene rings is 1. The van der Waals surface area contributed by atoms with Gasteiger partial charge in [-0.2, -0.15) is 8.42 Å². The fourth-order valence-corrected chi connectivity index (χ4v) is 3.52. The molecule has 0 fully saturated rings. The summed E-state index contributed by atoms with van der Waals surface area (Å²) in [5.74, 6) is -0.301. The van der Waals surface area contributed by atoms with Crippen molar-refractivity contribution in [2.24, 2.45) is 0 Å². The number of nitrogens with one attached hydrogen (secondary N) is 1. The van der Waals surface area contributed by atoms with Gasteiger partial charge in [0.05, 0.1) is 17.5 Å². The van der Waals surface area contributed by atoms with Crippen molar-refractivity contribution >= 4 is 16.0 Å². The Labute approximate surface area is 141 Å². The maximum atomic E-state index is 12.2. The Morgan fingerprint density at radius 2 is 2.00 bits per heavy atom. The highest BCUT2D eigenvalue weighted by Gasteiger charge is 2.25. The van der Waals surface area contributed by atoms with Crippen LogP contribution in [-0.4, -0.2) is 32.0 Å². The van der Waals surface area contributed by atoms with Crippen LogP contribution >= 0.6 is 0 Å².